The lowest BCUT2D eigenvalue weighted by molar-refractivity contribution is -0.0133. The van der Waals surface area contributed by atoms with E-state index in [1.54, 1.807) is 6.20 Å². The van der Waals surface area contributed by atoms with Crippen molar-refractivity contribution in [3.05, 3.63) is 53.9 Å². The van der Waals surface area contributed by atoms with E-state index < -0.39 is 0 Å². The van der Waals surface area contributed by atoms with Crippen LogP contribution in [0.15, 0.2) is 42.6 Å². The van der Waals surface area contributed by atoms with Gasteiger partial charge < -0.3 is 15.0 Å². The maximum atomic E-state index is 12.2. The molecule has 1 aromatic carbocycles. The molecule has 1 aliphatic rings. The summed E-state index contributed by atoms with van der Waals surface area (Å²) >= 11 is 0. The molecule has 1 fully saturated rings. The highest BCUT2D eigenvalue weighted by Gasteiger charge is 2.24. The Kier molecular flexibility index (Phi) is 4.70. The number of urea groups is 1. The quantitative estimate of drug-likeness (QED) is 0.900. The molecule has 116 valence electrons. The second-order valence-electron chi connectivity index (χ2n) is 5.37. The van der Waals surface area contributed by atoms with Crippen LogP contribution in [-0.4, -0.2) is 46.9 Å². The Morgan fingerprint density at radius 1 is 1.36 bits per heavy atom. The molecule has 6 nitrogen and oxygen atoms in total. The average Bonchev–Trinajstić information content (AvgIpc) is 3.07. The molecule has 0 saturated carbocycles. The van der Waals surface area contributed by atoms with Crippen LogP contribution in [0, 0.1) is 0 Å². The van der Waals surface area contributed by atoms with Crippen molar-refractivity contribution in [3.8, 4) is 0 Å². The zero-order valence-corrected chi connectivity index (χ0v) is 12.4. The van der Waals surface area contributed by atoms with Crippen LogP contribution in [-0.2, 0) is 17.7 Å². The highest BCUT2D eigenvalue weighted by Crippen LogP contribution is 2.12. The Bertz CT molecular complexity index is 585. The Balaban J connectivity index is 1.50. The number of amides is 2. The zero-order chi connectivity index (χ0) is 15.2. The molecule has 1 saturated heterocycles. The molecule has 1 unspecified atom stereocenters. The maximum absolute atomic E-state index is 12.2. The monoisotopic (exact) mass is 300 g/mol. The van der Waals surface area contributed by atoms with E-state index in [0.29, 0.717) is 26.2 Å². The second-order valence-corrected chi connectivity index (χ2v) is 5.37. The summed E-state index contributed by atoms with van der Waals surface area (Å²) in [5.74, 6) is 0. The number of H-pyrrole nitrogens is 1. The van der Waals surface area contributed by atoms with Crippen molar-refractivity contribution in [2.75, 3.05) is 19.7 Å². The Labute approximate surface area is 129 Å². The van der Waals surface area contributed by atoms with Crippen LogP contribution in [0.5, 0.6) is 0 Å². The van der Waals surface area contributed by atoms with Gasteiger partial charge in [-0.1, -0.05) is 30.3 Å². The van der Waals surface area contributed by atoms with Crippen molar-refractivity contribution in [1.29, 1.82) is 0 Å². The standard InChI is InChI=1S/C16H20N4O2/c21-16(17-11-14-6-7-18-19-14)20-8-9-22-15(12-20)10-13-4-2-1-3-5-13/h1-7,15H,8-12H2,(H,17,21)(H,18,19). The first-order valence-corrected chi connectivity index (χ1v) is 7.48. The molecule has 0 aliphatic carbocycles. The van der Waals surface area contributed by atoms with E-state index in [1.807, 2.05) is 29.2 Å². The number of morpholine rings is 1. The van der Waals surface area contributed by atoms with E-state index in [9.17, 15) is 4.79 Å². The Morgan fingerprint density at radius 3 is 3.00 bits per heavy atom. The minimum Gasteiger partial charge on any atom is -0.374 e. The van der Waals surface area contributed by atoms with Gasteiger partial charge in [-0.2, -0.15) is 5.10 Å². The molecule has 0 bridgehead atoms. The highest BCUT2D eigenvalue weighted by molar-refractivity contribution is 5.74. The predicted molar refractivity (Wildman–Crippen MR) is 82.3 cm³/mol. The molecule has 2 aromatic rings. The number of carbonyl (C=O) groups excluding carboxylic acids is 1. The van der Waals surface area contributed by atoms with Gasteiger partial charge in [0.25, 0.3) is 0 Å². The number of nitrogens with one attached hydrogen (secondary N) is 2. The van der Waals surface area contributed by atoms with Crippen LogP contribution in [0.3, 0.4) is 0 Å². The van der Waals surface area contributed by atoms with Crippen molar-refractivity contribution in [1.82, 2.24) is 20.4 Å². The van der Waals surface area contributed by atoms with Gasteiger partial charge in [0, 0.05) is 25.7 Å². The van der Waals surface area contributed by atoms with E-state index >= 15 is 0 Å². The summed E-state index contributed by atoms with van der Waals surface area (Å²) in [5.41, 5.74) is 2.12. The van der Waals surface area contributed by atoms with E-state index in [0.717, 1.165) is 12.1 Å². The highest BCUT2D eigenvalue weighted by atomic mass is 16.5. The topological polar surface area (TPSA) is 70.2 Å². The summed E-state index contributed by atoms with van der Waals surface area (Å²) < 4.78 is 5.77. The molecule has 22 heavy (non-hydrogen) atoms. The van der Waals surface area contributed by atoms with Crippen LogP contribution in [0.2, 0.25) is 0 Å². The molecule has 2 N–H and O–H groups in total. The zero-order valence-electron chi connectivity index (χ0n) is 12.4. The van der Waals surface area contributed by atoms with E-state index in [4.69, 9.17) is 4.74 Å². The number of ether oxygens (including phenoxy) is 1. The number of hydrogen-bond acceptors (Lipinski definition) is 3. The predicted octanol–water partition coefficient (Wildman–Crippen LogP) is 1.56. The Hall–Kier alpha value is -2.34. The van der Waals surface area contributed by atoms with Gasteiger partial charge in [0.2, 0.25) is 0 Å². The molecule has 2 heterocycles. The second kappa shape index (κ2) is 7.09. The summed E-state index contributed by atoms with van der Waals surface area (Å²) in [6, 6.07) is 12.0. The first-order valence-electron chi connectivity index (χ1n) is 7.48. The molecule has 1 aliphatic heterocycles. The Morgan fingerprint density at radius 2 is 2.23 bits per heavy atom. The fourth-order valence-corrected chi connectivity index (χ4v) is 2.57. The molecule has 0 radical (unpaired) electrons. The average molecular weight is 300 g/mol. The van der Waals surface area contributed by atoms with Crippen molar-refractivity contribution in [3.63, 3.8) is 0 Å². The number of carbonyl (C=O) groups is 1. The van der Waals surface area contributed by atoms with Gasteiger partial charge in [0.1, 0.15) is 0 Å². The van der Waals surface area contributed by atoms with E-state index in [-0.39, 0.29) is 12.1 Å². The van der Waals surface area contributed by atoms with Gasteiger partial charge in [0.05, 0.1) is 24.9 Å². The number of aromatic amines is 1. The van der Waals surface area contributed by atoms with Gasteiger partial charge in [-0.05, 0) is 11.6 Å². The fourth-order valence-electron chi connectivity index (χ4n) is 2.57. The minimum atomic E-state index is -0.0593. The van der Waals surface area contributed by atoms with Crippen molar-refractivity contribution < 1.29 is 9.53 Å². The summed E-state index contributed by atoms with van der Waals surface area (Å²) in [5, 5.41) is 9.59. The van der Waals surface area contributed by atoms with Gasteiger partial charge in [0.15, 0.2) is 0 Å². The summed E-state index contributed by atoms with van der Waals surface area (Å²) in [6.45, 7) is 2.28. The summed E-state index contributed by atoms with van der Waals surface area (Å²) in [6.07, 6.45) is 2.55. The number of nitrogens with zero attached hydrogens (tertiary/aromatic N) is 2. The smallest absolute Gasteiger partial charge is 0.317 e. The third-order valence-corrected chi connectivity index (χ3v) is 3.72. The molecular formula is C16H20N4O2. The van der Waals surface area contributed by atoms with Gasteiger partial charge in [-0.3, -0.25) is 5.10 Å². The summed E-state index contributed by atoms with van der Waals surface area (Å²) in [7, 11) is 0. The number of aromatic nitrogens is 2. The van der Waals surface area contributed by atoms with Crippen LogP contribution < -0.4 is 5.32 Å². The number of hydrogen-bond donors (Lipinski definition) is 2. The molecule has 1 aromatic heterocycles. The minimum absolute atomic E-state index is 0.0501. The fraction of sp³-hybridized carbons (Fsp3) is 0.375. The number of benzene rings is 1. The van der Waals surface area contributed by atoms with Gasteiger partial charge in [-0.15, -0.1) is 0 Å². The molecule has 1 atom stereocenters. The van der Waals surface area contributed by atoms with Crippen LogP contribution in [0.4, 0.5) is 4.79 Å². The van der Waals surface area contributed by atoms with E-state index in [1.165, 1.54) is 5.56 Å². The van der Waals surface area contributed by atoms with Gasteiger partial charge in [-0.25, -0.2) is 4.79 Å². The van der Waals surface area contributed by atoms with Crippen LogP contribution in [0.1, 0.15) is 11.3 Å². The number of rotatable bonds is 4. The molecular weight excluding hydrogens is 280 g/mol. The first kappa shape index (κ1) is 14.6. The SMILES string of the molecule is O=C(NCc1ccn[nH]1)N1CCOC(Cc2ccccc2)C1. The van der Waals surface area contributed by atoms with E-state index in [2.05, 4.69) is 27.6 Å². The third-order valence-electron chi connectivity index (χ3n) is 3.72. The van der Waals surface area contributed by atoms with Crippen molar-refractivity contribution in [2.45, 2.75) is 19.1 Å². The largest absolute Gasteiger partial charge is 0.374 e. The van der Waals surface area contributed by atoms with Crippen LogP contribution in [0.25, 0.3) is 0 Å². The first-order chi connectivity index (χ1) is 10.8. The van der Waals surface area contributed by atoms with Crippen molar-refractivity contribution >= 4 is 6.03 Å². The molecule has 0 spiro atoms. The normalized spacial score (nSPS) is 18.2. The van der Waals surface area contributed by atoms with Gasteiger partial charge >= 0.3 is 6.03 Å². The molecule has 6 heteroatoms. The third kappa shape index (κ3) is 3.85. The van der Waals surface area contributed by atoms with Crippen LogP contribution >= 0.6 is 0 Å². The molecule has 3 rings (SSSR count). The lowest BCUT2D eigenvalue weighted by Crippen LogP contribution is -2.50. The lowest BCUT2D eigenvalue weighted by atomic mass is 10.1. The lowest BCUT2D eigenvalue weighted by Gasteiger charge is -2.33. The summed E-state index contributed by atoms with van der Waals surface area (Å²) in [4.78, 5) is 14.0. The van der Waals surface area contributed by atoms with Crippen molar-refractivity contribution in [2.24, 2.45) is 0 Å². The molecule has 2 amide bonds. The maximum Gasteiger partial charge on any atom is 0.317 e.